The van der Waals surface area contributed by atoms with E-state index in [1.807, 2.05) is 23.7 Å². The van der Waals surface area contributed by atoms with Gasteiger partial charge in [-0.15, -0.1) is 11.8 Å². The van der Waals surface area contributed by atoms with Crippen LogP contribution in [0.1, 0.15) is 25.7 Å². The molecule has 2 nitrogen and oxygen atoms in total. The Balaban J connectivity index is 1.74. The maximum atomic E-state index is 12.0. The van der Waals surface area contributed by atoms with Gasteiger partial charge in [-0.05, 0) is 37.4 Å². The van der Waals surface area contributed by atoms with Gasteiger partial charge < -0.3 is 4.90 Å². The Labute approximate surface area is 104 Å². The summed E-state index contributed by atoms with van der Waals surface area (Å²) in [5.74, 6) is 2.25. The van der Waals surface area contributed by atoms with Gasteiger partial charge in [0.25, 0.3) is 0 Å². The van der Waals surface area contributed by atoms with E-state index in [2.05, 4.69) is 15.9 Å². The molecule has 0 spiro atoms. The molecule has 1 saturated heterocycles. The highest BCUT2D eigenvalue weighted by Crippen LogP contribution is 2.34. The fraction of sp³-hybridized carbons (Fsp3) is 0.909. The predicted octanol–water partition coefficient (Wildman–Crippen LogP) is 2.51. The van der Waals surface area contributed by atoms with E-state index >= 15 is 0 Å². The molecule has 1 aliphatic heterocycles. The molecular weight excluding hydrogens is 274 g/mol. The first kappa shape index (κ1) is 11.8. The highest BCUT2D eigenvalue weighted by atomic mass is 79.9. The minimum absolute atomic E-state index is 0.259. The van der Waals surface area contributed by atoms with E-state index in [1.165, 1.54) is 19.3 Å². The topological polar surface area (TPSA) is 20.3 Å². The molecule has 0 aromatic rings. The second kappa shape index (κ2) is 5.09. The third kappa shape index (κ3) is 2.90. The molecule has 4 heteroatoms. The number of hydrogen-bond acceptors (Lipinski definition) is 2. The molecule has 1 atom stereocenters. The molecule has 2 rings (SSSR count). The number of nitrogens with zero attached hydrogens (tertiary/aromatic N) is 1. The first-order valence-electron chi connectivity index (χ1n) is 5.67. The molecular formula is C11H18BrNOS. The van der Waals surface area contributed by atoms with Gasteiger partial charge in [0.05, 0.1) is 5.25 Å². The second-order valence-corrected chi connectivity index (χ2v) is 7.26. The lowest BCUT2D eigenvalue weighted by atomic mass is 9.85. The van der Waals surface area contributed by atoms with Gasteiger partial charge in [-0.3, -0.25) is 4.79 Å². The fourth-order valence-corrected chi connectivity index (χ4v) is 4.63. The number of amides is 1. The van der Waals surface area contributed by atoms with Gasteiger partial charge in [0.15, 0.2) is 0 Å². The van der Waals surface area contributed by atoms with Crippen molar-refractivity contribution in [2.75, 3.05) is 19.3 Å². The molecule has 0 aromatic carbocycles. The summed E-state index contributed by atoms with van der Waals surface area (Å²) in [5.41, 5.74) is 0. The molecule has 1 unspecified atom stereocenters. The molecule has 1 amide bonds. The molecule has 1 saturated carbocycles. The molecule has 1 aliphatic carbocycles. The van der Waals surface area contributed by atoms with Crippen LogP contribution in [0, 0.1) is 5.92 Å². The monoisotopic (exact) mass is 291 g/mol. The number of thioether (sulfide) groups is 1. The van der Waals surface area contributed by atoms with Crippen molar-refractivity contribution in [3.05, 3.63) is 0 Å². The SMILES string of the molecule is CN(CC1CC(Br)C1)C(=O)C1CCCS1. The van der Waals surface area contributed by atoms with Crippen LogP contribution >= 0.6 is 27.7 Å². The van der Waals surface area contributed by atoms with Crippen LogP contribution in [-0.4, -0.2) is 40.2 Å². The van der Waals surface area contributed by atoms with Crippen molar-refractivity contribution in [1.29, 1.82) is 0 Å². The van der Waals surface area contributed by atoms with E-state index < -0.39 is 0 Å². The van der Waals surface area contributed by atoms with E-state index in [0.717, 1.165) is 24.6 Å². The van der Waals surface area contributed by atoms with Crippen LogP contribution in [0.25, 0.3) is 0 Å². The Hall–Kier alpha value is 0.300. The lowest BCUT2D eigenvalue weighted by Gasteiger charge is -2.35. The number of hydrogen-bond donors (Lipinski definition) is 0. The van der Waals surface area contributed by atoms with Crippen LogP contribution in [0.2, 0.25) is 0 Å². The van der Waals surface area contributed by atoms with E-state index in [9.17, 15) is 4.79 Å². The summed E-state index contributed by atoms with van der Waals surface area (Å²) in [5, 5.41) is 0.259. The lowest BCUT2D eigenvalue weighted by Crippen LogP contribution is -2.40. The van der Waals surface area contributed by atoms with Crippen LogP contribution in [0.15, 0.2) is 0 Å². The van der Waals surface area contributed by atoms with Gasteiger partial charge in [-0.1, -0.05) is 15.9 Å². The second-order valence-electron chi connectivity index (χ2n) is 4.66. The lowest BCUT2D eigenvalue weighted by molar-refractivity contribution is -0.130. The van der Waals surface area contributed by atoms with Crippen molar-refractivity contribution in [2.24, 2.45) is 5.92 Å². The average Bonchev–Trinajstić information content (AvgIpc) is 2.66. The van der Waals surface area contributed by atoms with Crippen LogP contribution in [0.5, 0.6) is 0 Å². The maximum absolute atomic E-state index is 12.0. The molecule has 2 aliphatic rings. The zero-order valence-electron chi connectivity index (χ0n) is 9.12. The average molecular weight is 292 g/mol. The fourth-order valence-electron chi connectivity index (χ4n) is 2.30. The number of alkyl halides is 1. The largest absolute Gasteiger partial charge is 0.345 e. The van der Waals surface area contributed by atoms with Crippen molar-refractivity contribution in [2.45, 2.75) is 35.8 Å². The van der Waals surface area contributed by atoms with Gasteiger partial charge in [0.1, 0.15) is 0 Å². The first-order chi connectivity index (χ1) is 7.16. The van der Waals surface area contributed by atoms with Crippen LogP contribution < -0.4 is 0 Å². The Morgan fingerprint density at radius 1 is 1.53 bits per heavy atom. The van der Waals surface area contributed by atoms with Gasteiger partial charge in [0, 0.05) is 18.4 Å². The number of carbonyl (C=O) groups is 1. The summed E-state index contributed by atoms with van der Waals surface area (Å²) < 4.78 is 0. The van der Waals surface area contributed by atoms with Crippen LogP contribution in [-0.2, 0) is 4.79 Å². The highest BCUT2D eigenvalue weighted by Gasteiger charge is 2.31. The number of carbonyl (C=O) groups excluding carboxylic acids is 1. The third-order valence-corrected chi connectivity index (χ3v) is 5.40. The zero-order chi connectivity index (χ0) is 10.8. The molecule has 0 bridgehead atoms. The Bertz CT molecular complexity index is 237. The predicted molar refractivity (Wildman–Crippen MR) is 68.6 cm³/mol. The standard InChI is InChI=1S/C11H18BrNOS/c1-13(7-8-5-9(12)6-8)11(14)10-3-2-4-15-10/h8-10H,2-7H2,1H3. The van der Waals surface area contributed by atoms with Crippen molar-refractivity contribution >= 4 is 33.6 Å². The van der Waals surface area contributed by atoms with E-state index in [-0.39, 0.29) is 5.25 Å². The van der Waals surface area contributed by atoms with Crippen LogP contribution in [0.3, 0.4) is 0 Å². The minimum atomic E-state index is 0.259. The highest BCUT2D eigenvalue weighted by molar-refractivity contribution is 9.09. The summed E-state index contributed by atoms with van der Waals surface area (Å²) in [6, 6.07) is 0. The molecule has 1 heterocycles. The Morgan fingerprint density at radius 2 is 2.27 bits per heavy atom. The summed E-state index contributed by atoms with van der Waals surface area (Å²) in [7, 11) is 1.96. The van der Waals surface area contributed by atoms with Crippen LogP contribution in [0.4, 0.5) is 0 Å². The van der Waals surface area contributed by atoms with Crippen molar-refractivity contribution in [3.63, 3.8) is 0 Å². The summed E-state index contributed by atoms with van der Waals surface area (Å²) in [4.78, 5) is 14.6. The summed E-state index contributed by atoms with van der Waals surface area (Å²) in [6.07, 6.45) is 4.76. The van der Waals surface area contributed by atoms with Crippen molar-refractivity contribution < 1.29 is 4.79 Å². The van der Waals surface area contributed by atoms with E-state index in [0.29, 0.717) is 10.7 Å². The number of halogens is 1. The zero-order valence-corrected chi connectivity index (χ0v) is 11.5. The molecule has 15 heavy (non-hydrogen) atoms. The summed E-state index contributed by atoms with van der Waals surface area (Å²) in [6.45, 7) is 0.956. The molecule has 2 fully saturated rings. The van der Waals surface area contributed by atoms with E-state index in [1.54, 1.807) is 0 Å². The molecule has 0 aromatic heterocycles. The molecule has 0 N–H and O–H groups in total. The van der Waals surface area contributed by atoms with Gasteiger partial charge in [0.2, 0.25) is 5.91 Å². The Kier molecular flexibility index (Phi) is 3.99. The summed E-state index contributed by atoms with van der Waals surface area (Å²) >= 11 is 5.42. The Morgan fingerprint density at radius 3 is 2.80 bits per heavy atom. The normalized spacial score (nSPS) is 34.9. The first-order valence-corrected chi connectivity index (χ1v) is 7.64. The maximum Gasteiger partial charge on any atom is 0.235 e. The molecule has 86 valence electrons. The number of rotatable bonds is 3. The van der Waals surface area contributed by atoms with E-state index in [4.69, 9.17) is 0 Å². The van der Waals surface area contributed by atoms with Gasteiger partial charge >= 0.3 is 0 Å². The van der Waals surface area contributed by atoms with Gasteiger partial charge in [-0.2, -0.15) is 0 Å². The van der Waals surface area contributed by atoms with Crippen molar-refractivity contribution in [1.82, 2.24) is 4.90 Å². The van der Waals surface area contributed by atoms with Gasteiger partial charge in [-0.25, -0.2) is 0 Å². The smallest absolute Gasteiger partial charge is 0.235 e. The third-order valence-electron chi connectivity index (χ3n) is 3.29. The quantitative estimate of drug-likeness (QED) is 0.745. The van der Waals surface area contributed by atoms with Crippen molar-refractivity contribution in [3.8, 4) is 0 Å². The molecule has 0 radical (unpaired) electrons. The minimum Gasteiger partial charge on any atom is -0.345 e.